The van der Waals surface area contributed by atoms with Gasteiger partial charge in [-0.2, -0.15) is 0 Å². The van der Waals surface area contributed by atoms with E-state index in [0.29, 0.717) is 35.4 Å². The van der Waals surface area contributed by atoms with E-state index in [9.17, 15) is 19.5 Å². The lowest BCUT2D eigenvalue weighted by atomic mass is 9.97. The number of fused-ring (bicyclic) bond motifs is 1. The van der Waals surface area contributed by atoms with Crippen LogP contribution in [0.4, 0.5) is 0 Å². The molecule has 2 unspecified atom stereocenters. The van der Waals surface area contributed by atoms with Crippen LogP contribution in [-0.4, -0.2) is 59.5 Å². The molecule has 37 heavy (non-hydrogen) atoms. The lowest BCUT2D eigenvalue weighted by Crippen LogP contribution is -2.36. The normalized spacial score (nSPS) is 19.1. The Bertz CT molecular complexity index is 1170. The number of hydrogen-bond donors (Lipinski definition) is 1. The van der Waals surface area contributed by atoms with Gasteiger partial charge in [0.05, 0.1) is 19.6 Å². The first-order valence-corrected chi connectivity index (χ1v) is 12.9. The smallest absolute Gasteiger partial charge is 0.308 e. The molecule has 0 bridgehead atoms. The highest BCUT2D eigenvalue weighted by Gasteiger charge is 2.41. The average molecular weight is 529 g/mol. The van der Waals surface area contributed by atoms with Crippen LogP contribution in [0.1, 0.15) is 49.4 Å². The summed E-state index contributed by atoms with van der Waals surface area (Å²) in [6.45, 7) is 5.86. The number of nitrogens with zero attached hydrogens (tertiary/aromatic N) is 2. The van der Waals surface area contributed by atoms with Gasteiger partial charge in [-0.3, -0.25) is 24.2 Å². The number of carboxylic acid groups (broad SMARTS) is 1. The third kappa shape index (κ3) is 6.08. The molecule has 4 rings (SSSR count). The molecule has 2 aliphatic rings. The zero-order chi connectivity index (χ0) is 26.7. The molecular formula is C28H33ClN2O6. The van der Waals surface area contributed by atoms with E-state index in [2.05, 4.69) is 18.7 Å². The molecule has 1 heterocycles. The van der Waals surface area contributed by atoms with Crippen molar-refractivity contribution >= 4 is 29.4 Å². The molecular weight excluding hydrogens is 496 g/mol. The number of ether oxygens (including phenoxy) is 2. The topological polar surface area (TPSA) is 96.4 Å². The Morgan fingerprint density at radius 3 is 2.51 bits per heavy atom. The minimum Gasteiger partial charge on any atom is -0.493 e. The molecule has 1 aliphatic heterocycles. The van der Waals surface area contributed by atoms with E-state index >= 15 is 0 Å². The van der Waals surface area contributed by atoms with Gasteiger partial charge in [0.15, 0.2) is 11.5 Å². The Morgan fingerprint density at radius 1 is 1.14 bits per heavy atom. The number of aliphatic carboxylic acids is 1. The molecule has 1 aliphatic carbocycles. The molecule has 2 aromatic rings. The molecule has 1 fully saturated rings. The van der Waals surface area contributed by atoms with Gasteiger partial charge in [0.25, 0.3) is 0 Å². The van der Waals surface area contributed by atoms with Gasteiger partial charge in [-0.05, 0) is 53.3 Å². The summed E-state index contributed by atoms with van der Waals surface area (Å²) in [7, 11) is 1.56. The fraction of sp³-hybridized carbons (Fsp3) is 0.464. The highest BCUT2D eigenvalue weighted by atomic mass is 35.5. The van der Waals surface area contributed by atoms with Gasteiger partial charge in [-0.1, -0.05) is 37.6 Å². The Balaban J connectivity index is 1.53. The molecule has 0 aromatic heterocycles. The van der Waals surface area contributed by atoms with Gasteiger partial charge in [0.2, 0.25) is 11.8 Å². The Morgan fingerprint density at radius 2 is 1.86 bits per heavy atom. The summed E-state index contributed by atoms with van der Waals surface area (Å²) in [6, 6.07) is 11.0. The Kier molecular flexibility index (Phi) is 8.39. The van der Waals surface area contributed by atoms with Crippen LogP contribution in [0.15, 0.2) is 36.4 Å². The van der Waals surface area contributed by atoms with Crippen LogP contribution in [-0.2, 0) is 27.3 Å². The molecule has 1 N–H and O–H groups in total. The van der Waals surface area contributed by atoms with Gasteiger partial charge < -0.3 is 14.6 Å². The van der Waals surface area contributed by atoms with Crippen molar-refractivity contribution in [2.45, 2.75) is 45.7 Å². The third-order valence-corrected chi connectivity index (χ3v) is 7.13. The minimum absolute atomic E-state index is 0.170. The zero-order valence-corrected chi connectivity index (χ0v) is 22.2. The number of halogens is 1. The highest BCUT2D eigenvalue weighted by Crippen LogP contribution is 2.43. The molecule has 8 nitrogen and oxygen atoms in total. The van der Waals surface area contributed by atoms with E-state index in [4.69, 9.17) is 21.1 Å². The molecule has 0 radical (unpaired) electrons. The van der Waals surface area contributed by atoms with Crippen molar-refractivity contribution in [1.29, 1.82) is 0 Å². The predicted octanol–water partition coefficient (Wildman–Crippen LogP) is 4.33. The van der Waals surface area contributed by atoms with E-state index < -0.39 is 11.9 Å². The summed E-state index contributed by atoms with van der Waals surface area (Å²) >= 11 is 6.20. The van der Waals surface area contributed by atoms with E-state index in [1.54, 1.807) is 7.11 Å². The van der Waals surface area contributed by atoms with Crippen LogP contribution < -0.4 is 9.47 Å². The number of rotatable bonds is 11. The standard InChI is InChI=1S/C28H33ClN2O6/c1-17(2)15-30(27-21-6-5-20(29)13-19(21)14-22(27)28(34)35)16-18-4-7-23(24(12-18)36-3)37-11-10-31-25(32)8-9-26(31)33/h4-7,12-13,17,22,27H,8-11,14-16H2,1-3H3,(H,34,35). The second-order valence-corrected chi connectivity index (χ2v) is 10.5. The van der Waals surface area contributed by atoms with Crippen molar-refractivity contribution < 1.29 is 29.0 Å². The average Bonchev–Trinajstić information content (AvgIpc) is 3.38. The van der Waals surface area contributed by atoms with Crippen LogP contribution >= 0.6 is 11.6 Å². The number of imide groups is 1. The van der Waals surface area contributed by atoms with Crippen molar-refractivity contribution in [3.05, 3.63) is 58.1 Å². The Labute approximate surface area is 222 Å². The molecule has 198 valence electrons. The summed E-state index contributed by atoms with van der Waals surface area (Å²) in [5, 5.41) is 10.7. The first kappa shape index (κ1) is 26.9. The van der Waals surface area contributed by atoms with Gasteiger partial charge in [-0.15, -0.1) is 0 Å². The molecule has 1 saturated heterocycles. The number of hydrogen-bond acceptors (Lipinski definition) is 6. The van der Waals surface area contributed by atoms with Gasteiger partial charge >= 0.3 is 5.97 Å². The van der Waals surface area contributed by atoms with Crippen molar-refractivity contribution in [1.82, 2.24) is 9.80 Å². The lowest BCUT2D eigenvalue weighted by Gasteiger charge is -2.34. The summed E-state index contributed by atoms with van der Waals surface area (Å²) in [6.07, 6.45) is 0.957. The monoisotopic (exact) mass is 528 g/mol. The van der Waals surface area contributed by atoms with E-state index in [1.807, 2.05) is 36.4 Å². The number of carbonyl (C=O) groups is 3. The number of benzene rings is 2. The zero-order valence-electron chi connectivity index (χ0n) is 21.4. The van der Waals surface area contributed by atoms with Gasteiger partial charge in [0, 0.05) is 37.0 Å². The van der Waals surface area contributed by atoms with E-state index in [0.717, 1.165) is 23.2 Å². The molecule has 0 saturated carbocycles. The molecule has 2 amide bonds. The minimum atomic E-state index is -0.817. The maximum absolute atomic E-state index is 12.2. The number of likely N-dealkylation sites (tertiary alicyclic amines) is 1. The fourth-order valence-electron chi connectivity index (χ4n) is 5.31. The number of amides is 2. The highest BCUT2D eigenvalue weighted by molar-refractivity contribution is 6.30. The van der Waals surface area contributed by atoms with Crippen LogP contribution in [0.5, 0.6) is 11.5 Å². The largest absolute Gasteiger partial charge is 0.493 e. The van der Waals surface area contributed by atoms with E-state index in [1.165, 1.54) is 4.90 Å². The summed E-state index contributed by atoms with van der Waals surface area (Å²) in [5.41, 5.74) is 2.95. The first-order chi connectivity index (χ1) is 17.7. The second-order valence-electron chi connectivity index (χ2n) is 10.0. The second kappa shape index (κ2) is 11.5. The van der Waals surface area contributed by atoms with Gasteiger partial charge in [0.1, 0.15) is 6.61 Å². The maximum atomic E-state index is 12.2. The van der Waals surface area contributed by atoms with Crippen molar-refractivity contribution in [3.63, 3.8) is 0 Å². The van der Waals surface area contributed by atoms with Crippen molar-refractivity contribution in [3.8, 4) is 11.5 Å². The predicted molar refractivity (Wildman–Crippen MR) is 139 cm³/mol. The SMILES string of the molecule is COc1cc(CN(CC(C)C)C2c3ccc(Cl)cc3CC2C(=O)O)ccc1OCCN1C(=O)CCC1=O. The molecule has 9 heteroatoms. The van der Waals surface area contributed by atoms with Crippen LogP contribution in [0, 0.1) is 11.8 Å². The molecule has 2 aromatic carbocycles. The van der Waals surface area contributed by atoms with Crippen molar-refractivity contribution in [2.24, 2.45) is 11.8 Å². The third-order valence-electron chi connectivity index (χ3n) is 6.90. The first-order valence-electron chi connectivity index (χ1n) is 12.6. The maximum Gasteiger partial charge on any atom is 0.308 e. The summed E-state index contributed by atoms with van der Waals surface area (Å²) < 4.78 is 11.4. The fourth-order valence-corrected chi connectivity index (χ4v) is 5.50. The Hall–Kier alpha value is -3.10. The molecule has 2 atom stereocenters. The quantitative estimate of drug-likeness (QED) is 0.433. The number of carboxylic acids is 1. The lowest BCUT2D eigenvalue weighted by molar-refractivity contribution is -0.144. The van der Waals surface area contributed by atoms with Gasteiger partial charge in [-0.25, -0.2) is 0 Å². The van der Waals surface area contributed by atoms with Crippen molar-refractivity contribution in [2.75, 3.05) is 26.8 Å². The summed E-state index contributed by atoms with van der Waals surface area (Å²) in [4.78, 5) is 39.3. The number of methoxy groups -OCH3 is 1. The van der Waals surface area contributed by atoms with Crippen LogP contribution in [0.25, 0.3) is 0 Å². The molecule has 0 spiro atoms. The number of carbonyl (C=O) groups excluding carboxylic acids is 2. The van der Waals surface area contributed by atoms with Crippen LogP contribution in [0.3, 0.4) is 0 Å². The van der Waals surface area contributed by atoms with E-state index in [-0.39, 0.29) is 43.8 Å². The van der Waals surface area contributed by atoms with Crippen LogP contribution in [0.2, 0.25) is 5.02 Å². The summed E-state index contributed by atoms with van der Waals surface area (Å²) in [5.74, 6) is -0.339.